The van der Waals surface area contributed by atoms with E-state index in [9.17, 15) is 0 Å². The van der Waals surface area contributed by atoms with Gasteiger partial charge >= 0.3 is 0 Å². The van der Waals surface area contributed by atoms with Crippen molar-refractivity contribution in [1.82, 2.24) is 0 Å². The topological polar surface area (TPSA) is 27.7 Å². The fourth-order valence-corrected chi connectivity index (χ4v) is 0.844. The molecule has 0 saturated carbocycles. The van der Waals surface area contributed by atoms with E-state index in [4.69, 9.17) is 37.4 Å². The van der Waals surface area contributed by atoms with Gasteiger partial charge in [-0.05, 0) is 6.92 Å². The molecule has 80 valence electrons. The van der Waals surface area contributed by atoms with Crippen molar-refractivity contribution in [2.75, 3.05) is 38.9 Å². The first-order chi connectivity index (χ1) is 6.27. The maximum Gasteiger partial charge on any atom is 0.128 e. The molecule has 5 heteroatoms. The van der Waals surface area contributed by atoms with E-state index < -0.39 is 0 Å². The largest absolute Gasteiger partial charge is 0.378 e. The van der Waals surface area contributed by atoms with Gasteiger partial charge in [-0.15, -0.1) is 11.6 Å². The third-order valence-electron chi connectivity index (χ3n) is 1.17. The van der Waals surface area contributed by atoms with Crippen molar-refractivity contribution in [3.63, 3.8) is 0 Å². The van der Waals surface area contributed by atoms with Gasteiger partial charge in [-0.2, -0.15) is 0 Å². The Morgan fingerprint density at radius 3 is 2.08 bits per heavy atom. The van der Waals surface area contributed by atoms with Crippen LogP contribution in [0, 0.1) is 0 Å². The lowest BCUT2D eigenvalue weighted by Gasteiger charge is -2.06. The molecule has 0 radical (unpaired) electrons. The maximum absolute atomic E-state index is 5.54. The summed E-state index contributed by atoms with van der Waals surface area (Å²) in [5.41, 5.74) is -0.254. The Kier molecular flexibility index (Phi) is 10.9. The van der Waals surface area contributed by atoms with Crippen LogP contribution in [0.25, 0.3) is 0 Å². The molecule has 0 aromatic rings. The monoisotopic (exact) mass is 230 g/mol. The molecule has 0 saturated heterocycles. The summed E-state index contributed by atoms with van der Waals surface area (Å²) >= 11 is 10.9. The van der Waals surface area contributed by atoms with E-state index >= 15 is 0 Å². The predicted octanol–water partition coefficient (Wildman–Crippen LogP) is 1.86. The van der Waals surface area contributed by atoms with Crippen molar-refractivity contribution in [2.45, 2.75) is 12.5 Å². The summed E-state index contributed by atoms with van der Waals surface area (Å²) in [5.74, 6) is 0.521. The van der Waals surface area contributed by atoms with Gasteiger partial charge in [-0.25, -0.2) is 0 Å². The van der Waals surface area contributed by atoms with Crippen molar-refractivity contribution in [2.24, 2.45) is 0 Å². The molecule has 0 rings (SSSR count). The lowest BCUT2D eigenvalue weighted by Crippen LogP contribution is -2.11. The zero-order chi connectivity index (χ0) is 9.94. The summed E-state index contributed by atoms with van der Waals surface area (Å²) in [4.78, 5) is 0. The molecule has 0 heterocycles. The number of halogens is 2. The number of rotatable bonds is 9. The number of hydrogen-bond donors (Lipinski definition) is 0. The van der Waals surface area contributed by atoms with Crippen molar-refractivity contribution in [3.8, 4) is 0 Å². The van der Waals surface area contributed by atoms with Crippen molar-refractivity contribution in [3.05, 3.63) is 0 Å². The Bertz CT molecular complexity index is 101. The lowest BCUT2D eigenvalue weighted by molar-refractivity contribution is 0.0130. The number of alkyl halides is 2. The molecule has 0 aliphatic rings. The van der Waals surface area contributed by atoms with Gasteiger partial charge in [0.2, 0.25) is 0 Å². The van der Waals surface area contributed by atoms with Crippen LogP contribution in [0.2, 0.25) is 0 Å². The summed E-state index contributed by atoms with van der Waals surface area (Å²) in [6.45, 7) is 4.53. The fraction of sp³-hybridized carbons (Fsp3) is 1.00. The Hall–Kier alpha value is 0.460. The van der Waals surface area contributed by atoms with Crippen LogP contribution < -0.4 is 0 Å². The van der Waals surface area contributed by atoms with Crippen LogP contribution in [-0.2, 0) is 14.2 Å². The molecule has 1 unspecified atom stereocenters. The maximum atomic E-state index is 5.54. The van der Waals surface area contributed by atoms with Crippen LogP contribution in [-0.4, -0.2) is 44.5 Å². The van der Waals surface area contributed by atoms with E-state index in [-0.39, 0.29) is 5.56 Å². The molecular formula is C8H16Cl2O3. The number of ether oxygens (including phenoxy) is 3. The minimum Gasteiger partial charge on any atom is -0.378 e. The van der Waals surface area contributed by atoms with Crippen LogP contribution in [0.5, 0.6) is 0 Å². The first-order valence-electron chi connectivity index (χ1n) is 4.24. The quantitative estimate of drug-likeness (QED) is 0.447. The molecule has 0 spiro atoms. The van der Waals surface area contributed by atoms with Crippen LogP contribution in [0.1, 0.15) is 6.92 Å². The molecule has 0 aromatic carbocycles. The standard InChI is InChI=1S/C8H16Cl2O3/c1-8(10)13-7-6-12-5-4-11-3-2-9/h8H,2-7H2,1H3. The molecule has 0 bridgehead atoms. The molecular weight excluding hydrogens is 215 g/mol. The SMILES string of the molecule is CC(Cl)OCCOCCOCCCl. The minimum absolute atomic E-state index is 0.254. The second kappa shape index (κ2) is 10.5. The van der Waals surface area contributed by atoms with E-state index in [2.05, 4.69) is 0 Å². The Morgan fingerprint density at radius 1 is 1.00 bits per heavy atom. The smallest absolute Gasteiger partial charge is 0.128 e. The second-order valence-electron chi connectivity index (χ2n) is 2.33. The highest BCUT2D eigenvalue weighted by Gasteiger charge is 1.94. The summed E-state index contributed by atoms with van der Waals surface area (Å²) in [5, 5.41) is 0. The van der Waals surface area contributed by atoms with Crippen molar-refractivity contribution < 1.29 is 14.2 Å². The van der Waals surface area contributed by atoms with Gasteiger partial charge in [-0.1, -0.05) is 11.6 Å². The normalized spacial score (nSPS) is 13.2. The highest BCUT2D eigenvalue weighted by Crippen LogP contribution is 1.94. The van der Waals surface area contributed by atoms with Gasteiger partial charge < -0.3 is 14.2 Å². The zero-order valence-electron chi connectivity index (χ0n) is 7.80. The Morgan fingerprint density at radius 2 is 1.54 bits per heavy atom. The Labute approximate surface area is 89.2 Å². The molecule has 0 aromatic heterocycles. The van der Waals surface area contributed by atoms with Crippen LogP contribution in [0.3, 0.4) is 0 Å². The summed E-state index contributed by atoms with van der Waals surface area (Å²) in [6, 6.07) is 0. The number of hydrogen-bond acceptors (Lipinski definition) is 3. The van der Waals surface area contributed by atoms with Gasteiger partial charge in [0.1, 0.15) is 5.56 Å². The van der Waals surface area contributed by atoms with Gasteiger partial charge in [0.15, 0.2) is 0 Å². The first kappa shape index (κ1) is 13.5. The third kappa shape index (κ3) is 12.5. The molecule has 0 N–H and O–H groups in total. The fourth-order valence-electron chi connectivity index (χ4n) is 0.646. The van der Waals surface area contributed by atoms with Crippen LogP contribution in [0.4, 0.5) is 0 Å². The molecule has 1 atom stereocenters. The second-order valence-corrected chi connectivity index (χ2v) is 3.32. The van der Waals surface area contributed by atoms with Crippen LogP contribution >= 0.6 is 23.2 Å². The van der Waals surface area contributed by atoms with Gasteiger partial charge in [-0.3, -0.25) is 0 Å². The molecule has 0 aliphatic heterocycles. The predicted molar refractivity (Wildman–Crippen MR) is 53.6 cm³/mol. The molecule has 0 fully saturated rings. The highest BCUT2D eigenvalue weighted by atomic mass is 35.5. The molecule has 13 heavy (non-hydrogen) atoms. The molecule has 0 amide bonds. The van der Waals surface area contributed by atoms with E-state index in [1.165, 1.54) is 0 Å². The van der Waals surface area contributed by atoms with E-state index in [0.29, 0.717) is 38.9 Å². The van der Waals surface area contributed by atoms with Crippen molar-refractivity contribution in [1.29, 1.82) is 0 Å². The molecule has 3 nitrogen and oxygen atoms in total. The Balaban J connectivity index is 2.84. The average molecular weight is 231 g/mol. The molecule has 0 aliphatic carbocycles. The summed E-state index contributed by atoms with van der Waals surface area (Å²) in [7, 11) is 0. The highest BCUT2D eigenvalue weighted by molar-refractivity contribution is 6.19. The van der Waals surface area contributed by atoms with Gasteiger partial charge in [0.05, 0.1) is 33.0 Å². The van der Waals surface area contributed by atoms with Gasteiger partial charge in [0, 0.05) is 5.88 Å². The summed E-state index contributed by atoms with van der Waals surface area (Å²) < 4.78 is 15.3. The third-order valence-corrected chi connectivity index (χ3v) is 1.45. The van der Waals surface area contributed by atoms with E-state index in [1.54, 1.807) is 6.92 Å². The van der Waals surface area contributed by atoms with E-state index in [0.717, 1.165) is 0 Å². The van der Waals surface area contributed by atoms with Crippen LogP contribution in [0.15, 0.2) is 0 Å². The van der Waals surface area contributed by atoms with Gasteiger partial charge in [0.25, 0.3) is 0 Å². The summed E-state index contributed by atoms with van der Waals surface area (Å²) in [6.07, 6.45) is 0. The average Bonchev–Trinajstić information content (AvgIpc) is 2.09. The first-order valence-corrected chi connectivity index (χ1v) is 5.21. The minimum atomic E-state index is -0.254. The van der Waals surface area contributed by atoms with Crippen molar-refractivity contribution >= 4 is 23.2 Å². The lowest BCUT2D eigenvalue weighted by atomic mass is 10.7. The zero-order valence-corrected chi connectivity index (χ0v) is 9.31. The van der Waals surface area contributed by atoms with E-state index in [1.807, 2.05) is 0 Å².